The van der Waals surface area contributed by atoms with Crippen LogP contribution < -0.4 is 0 Å². The Morgan fingerprint density at radius 3 is 2.64 bits per heavy atom. The second-order valence-electron chi connectivity index (χ2n) is 6.04. The Labute approximate surface area is 137 Å². The minimum absolute atomic E-state index is 0.0819. The van der Waals surface area contributed by atoms with Gasteiger partial charge in [0.05, 0.1) is 10.0 Å². The van der Waals surface area contributed by atoms with Crippen molar-refractivity contribution in [1.29, 1.82) is 0 Å². The van der Waals surface area contributed by atoms with Gasteiger partial charge in [0.1, 0.15) is 0 Å². The Bertz CT molecular complexity index is 680. The lowest BCUT2D eigenvalue weighted by Gasteiger charge is -2.47. The monoisotopic (exact) mass is 343 g/mol. The van der Waals surface area contributed by atoms with E-state index in [1.54, 1.807) is 18.2 Å². The summed E-state index contributed by atoms with van der Waals surface area (Å²) in [6.45, 7) is 0. The van der Waals surface area contributed by atoms with E-state index in [-0.39, 0.29) is 11.1 Å². The number of aliphatic hydroxyl groups is 1. The number of benzene rings is 1. The molecule has 1 heterocycles. The highest BCUT2D eigenvalue weighted by molar-refractivity contribution is 6.42. The molecule has 1 saturated carbocycles. The van der Waals surface area contributed by atoms with Crippen molar-refractivity contribution in [2.24, 2.45) is 0 Å². The Balaban J connectivity index is 2.23. The van der Waals surface area contributed by atoms with Gasteiger partial charge in [-0.2, -0.15) is 0 Å². The number of likely N-dealkylation sites (N-methyl/N-ethyl adjacent to an activating group) is 1. The van der Waals surface area contributed by atoms with E-state index in [0.29, 0.717) is 29.8 Å². The largest absolute Gasteiger partial charge is 0.479 e. The van der Waals surface area contributed by atoms with Crippen LogP contribution in [0.15, 0.2) is 18.2 Å². The highest BCUT2D eigenvalue weighted by Crippen LogP contribution is 2.54. The molecule has 0 unspecified atom stereocenters. The number of hydrogen-bond acceptors (Lipinski definition) is 3. The maximum absolute atomic E-state index is 12.5. The van der Waals surface area contributed by atoms with Crippen LogP contribution in [-0.4, -0.2) is 45.7 Å². The lowest BCUT2D eigenvalue weighted by atomic mass is 9.63. The highest BCUT2D eigenvalue weighted by Gasteiger charge is 2.69. The third-order valence-electron chi connectivity index (χ3n) is 5.14. The van der Waals surface area contributed by atoms with E-state index in [1.165, 1.54) is 11.9 Å². The zero-order chi connectivity index (χ0) is 16.3. The Morgan fingerprint density at radius 2 is 2.05 bits per heavy atom. The first-order valence-electron chi connectivity index (χ1n) is 6.92. The number of aliphatic carboxylic acids is 1. The lowest BCUT2D eigenvalue weighted by molar-refractivity contribution is -0.185. The van der Waals surface area contributed by atoms with Crippen LogP contribution in [0.4, 0.5) is 0 Å². The molecule has 1 amide bonds. The minimum atomic E-state index is -2.49. The van der Waals surface area contributed by atoms with Crippen molar-refractivity contribution in [3.8, 4) is 0 Å². The first-order valence-corrected chi connectivity index (χ1v) is 7.68. The molecule has 1 saturated heterocycles. The van der Waals surface area contributed by atoms with Crippen molar-refractivity contribution in [1.82, 2.24) is 4.90 Å². The van der Waals surface area contributed by atoms with Crippen LogP contribution in [0.2, 0.25) is 10.0 Å². The highest BCUT2D eigenvalue weighted by atomic mass is 35.5. The first-order chi connectivity index (χ1) is 10.2. The number of rotatable bonds is 2. The molecular weight excluding hydrogens is 329 g/mol. The van der Waals surface area contributed by atoms with Gasteiger partial charge in [0, 0.05) is 18.5 Å². The van der Waals surface area contributed by atoms with Crippen LogP contribution in [0.1, 0.15) is 24.8 Å². The van der Waals surface area contributed by atoms with Crippen molar-refractivity contribution in [3.63, 3.8) is 0 Å². The fourth-order valence-corrected chi connectivity index (χ4v) is 4.16. The van der Waals surface area contributed by atoms with Crippen molar-refractivity contribution >= 4 is 35.1 Å². The molecule has 0 aromatic heterocycles. The summed E-state index contributed by atoms with van der Waals surface area (Å²) in [6.07, 6.45) is 1.42. The molecule has 7 heteroatoms. The third kappa shape index (κ3) is 1.76. The Kier molecular flexibility index (Phi) is 3.43. The number of fused-ring (bicyclic) bond motifs is 2. The molecule has 0 spiro atoms. The molecule has 2 fully saturated rings. The number of nitrogens with zero attached hydrogens (tertiary/aromatic N) is 1. The summed E-state index contributed by atoms with van der Waals surface area (Å²) in [4.78, 5) is 25.7. The molecular formula is C15H15Cl2NO4. The van der Waals surface area contributed by atoms with Crippen LogP contribution in [0.3, 0.4) is 0 Å². The van der Waals surface area contributed by atoms with E-state index in [0.717, 1.165) is 0 Å². The van der Waals surface area contributed by atoms with E-state index in [1.807, 2.05) is 0 Å². The van der Waals surface area contributed by atoms with Crippen molar-refractivity contribution < 1.29 is 19.8 Å². The molecule has 0 radical (unpaired) electrons. The van der Waals surface area contributed by atoms with Gasteiger partial charge in [-0.05, 0) is 37.0 Å². The van der Waals surface area contributed by atoms with Crippen LogP contribution in [-0.2, 0) is 15.0 Å². The number of carboxylic acid groups (broad SMARTS) is 1. The summed E-state index contributed by atoms with van der Waals surface area (Å²) in [6, 6.07) is 4.68. The molecule has 2 bridgehead atoms. The van der Waals surface area contributed by atoms with Crippen molar-refractivity contribution in [2.75, 3.05) is 7.05 Å². The van der Waals surface area contributed by atoms with Gasteiger partial charge in [0.15, 0.2) is 0 Å². The van der Waals surface area contributed by atoms with Gasteiger partial charge in [-0.3, -0.25) is 4.79 Å². The molecule has 3 atom stereocenters. The molecule has 1 aliphatic carbocycles. The van der Waals surface area contributed by atoms with E-state index in [9.17, 15) is 19.8 Å². The molecule has 22 heavy (non-hydrogen) atoms. The fraction of sp³-hybridized carbons (Fsp3) is 0.467. The van der Waals surface area contributed by atoms with Crippen LogP contribution >= 0.6 is 23.2 Å². The predicted molar refractivity (Wildman–Crippen MR) is 81.1 cm³/mol. The predicted octanol–water partition coefficient (Wildman–Crippen LogP) is 2.07. The maximum Gasteiger partial charge on any atom is 0.346 e. The van der Waals surface area contributed by atoms with Gasteiger partial charge in [0.25, 0.3) is 11.5 Å². The average Bonchev–Trinajstić information content (AvgIpc) is 2.90. The average molecular weight is 344 g/mol. The fourth-order valence-electron chi connectivity index (χ4n) is 3.87. The molecule has 5 nitrogen and oxygen atoms in total. The van der Waals surface area contributed by atoms with E-state index in [2.05, 4.69) is 0 Å². The molecule has 118 valence electrons. The van der Waals surface area contributed by atoms with E-state index in [4.69, 9.17) is 23.2 Å². The van der Waals surface area contributed by atoms with Gasteiger partial charge in [0.2, 0.25) is 0 Å². The van der Waals surface area contributed by atoms with Gasteiger partial charge in [-0.25, -0.2) is 4.79 Å². The number of halogens is 2. The van der Waals surface area contributed by atoms with Crippen LogP contribution in [0.25, 0.3) is 0 Å². The zero-order valence-electron chi connectivity index (χ0n) is 11.8. The van der Waals surface area contributed by atoms with Crippen molar-refractivity contribution in [3.05, 3.63) is 33.8 Å². The van der Waals surface area contributed by atoms with Gasteiger partial charge < -0.3 is 15.1 Å². The number of carbonyl (C=O) groups is 2. The summed E-state index contributed by atoms with van der Waals surface area (Å²) in [7, 11) is 1.53. The number of piperidine rings is 1. The second kappa shape index (κ2) is 4.85. The summed E-state index contributed by atoms with van der Waals surface area (Å²) >= 11 is 12.0. The topological polar surface area (TPSA) is 77.8 Å². The van der Waals surface area contributed by atoms with Gasteiger partial charge >= 0.3 is 5.97 Å². The lowest BCUT2D eigenvalue weighted by Crippen LogP contribution is -2.68. The van der Waals surface area contributed by atoms with Gasteiger partial charge in [-0.15, -0.1) is 0 Å². The Hall–Kier alpha value is -1.30. The molecule has 1 aliphatic heterocycles. The number of carbonyl (C=O) groups excluding carboxylic acids is 1. The number of carboxylic acids is 1. The maximum atomic E-state index is 12.5. The van der Waals surface area contributed by atoms with Crippen molar-refractivity contribution in [2.45, 2.75) is 36.3 Å². The molecule has 2 N–H and O–H groups in total. The SMILES string of the molecule is CN1C(=O)[C@](O)(C(=O)O)[C@]2(c3ccc(Cl)c(Cl)c3)CC[C@H]1C2. The first kappa shape index (κ1) is 15.6. The molecule has 1 aromatic carbocycles. The smallest absolute Gasteiger partial charge is 0.346 e. The third-order valence-corrected chi connectivity index (χ3v) is 5.88. The van der Waals surface area contributed by atoms with E-state index >= 15 is 0 Å². The second-order valence-corrected chi connectivity index (χ2v) is 6.85. The summed E-state index contributed by atoms with van der Waals surface area (Å²) in [5.41, 5.74) is -3.14. The number of hydrogen-bond donors (Lipinski definition) is 2. The van der Waals surface area contributed by atoms with Crippen LogP contribution in [0.5, 0.6) is 0 Å². The normalized spacial score (nSPS) is 34.1. The minimum Gasteiger partial charge on any atom is -0.479 e. The molecule has 3 rings (SSSR count). The van der Waals surface area contributed by atoms with E-state index < -0.39 is 22.9 Å². The van der Waals surface area contributed by atoms with Gasteiger partial charge in [-0.1, -0.05) is 29.3 Å². The number of amides is 1. The molecule has 2 aliphatic rings. The van der Waals surface area contributed by atoms with Crippen LogP contribution in [0, 0.1) is 0 Å². The summed E-state index contributed by atoms with van der Waals surface area (Å²) in [5.74, 6) is -2.31. The summed E-state index contributed by atoms with van der Waals surface area (Å²) in [5, 5.41) is 21.1. The quantitative estimate of drug-likeness (QED) is 0.806. The summed E-state index contributed by atoms with van der Waals surface area (Å²) < 4.78 is 0. The Morgan fingerprint density at radius 1 is 1.36 bits per heavy atom. The number of likely N-dealkylation sites (tertiary alicyclic amines) is 1. The standard InChI is InChI=1S/C15H15Cl2NO4/c1-18-9-4-5-14(7-9,15(22,12(18)19)13(20)21)8-2-3-10(16)11(17)6-8/h2-3,6,9,22H,4-5,7H2,1H3,(H,20,21)/t9-,14+,15-/m0/s1. The zero-order valence-corrected chi connectivity index (χ0v) is 13.4. The molecule has 1 aromatic rings.